The van der Waals surface area contributed by atoms with Gasteiger partial charge in [0.05, 0.1) is 11.9 Å². The molecule has 2 amide bonds. The number of hydrogen-bond donors (Lipinski definition) is 1. The van der Waals surface area contributed by atoms with Crippen LogP contribution in [-0.2, 0) is 32.6 Å². The van der Waals surface area contributed by atoms with Crippen LogP contribution < -0.4 is 9.62 Å². The van der Waals surface area contributed by atoms with Gasteiger partial charge in [-0.2, -0.15) is 0 Å². The first-order valence-corrected chi connectivity index (χ1v) is 15.4. The number of rotatable bonds is 12. The van der Waals surface area contributed by atoms with Crippen LogP contribution in [0.15, 0.2) is 66.7 Å². The zero-order chi connectivity index (χ0) is 30.3. The first-order valence-electron chi connectivity index (χ1n) is 12.8. The molecule has 7 nitrogen and oxygen atoms in total. The second-order valence-corrected chi connectivity index (χ2v) is 12.3. The Kier molecular flexibility index (Phi) is 11.1. The largest absolute Gasteiger partial charge is 0.352 e. The summed E-state index contributed by atoms with van der Waals surface area (Å²) in [7, 11) is -4.15. The van der Waals surface area contributed by atoms with Gasteiger partial charge in [-0.05, 0) is 43.2 Å². The van der Waals surface area contributed by atoms with E-state index in [1.807, 2.05) is 19.9 Å². The number of carbonyl (C=O) groups excluding carboxylic acids is 2. The third-order valence-corrected chi connectivity index (χ3v) is 8.38. The summed E-state index contributed by atoms with van der Waals surface area (Å²) < 4.78 is 53.8. The smallest absolute Gasteiger partial charge is 0.244 e. The molecule has 0 bridgehead atoms. The van der Waals surface area contributed by atoms with E-state index in [4.69, 9.17) is 23.2 Å². The number of anilines is 1. The van der Waals surface area contributed by atoms with Crippen LogP contribution in [0.4, 0.5) is 14.5 Å². The van der Waals surface area contributed by atoms with Crippen molar-refractivity contribution in [3.05, 3.63) is 99.5 Å². The molecular formula is C29H31Cl2F2N3O4S. The molecule has 0 aromatic heterocycles. The molecule has 0 saturated heterocycles. The number of carbonyl (C=O) groups is 2. The van der Waals surface area contributed by atoms with Gasteiger partial charge in [0.1, 0.15) is 12.6 Å². The molecule has 3 rings (SSSR count). The number of sulfonamides is 1. The lowest BCUT2D eigenvalue weighted by Crippen LogP contribution is -2.54. The maximum Gasteiger partial charge on any atom is 0.244 e. The van der Waals surface area contributed by atoms with Gasteiger partial charge in [-0.15, -0.1) is 0 Å². The highest BCUT2D eigenvalue weighted by molar-refractivity contribution is 7.92. The predicted molar refractivity (Wildman–Crippen MR) is 157 cm³/mol. The second-order valence-electron chi connectivity index (χ2n) is 9.61. The van der Waals surface area contributed by atoms with Crippen LogP contribution in [0, 0.1) is 11.6 Å². The van der Waals surface area contributed by atoms with Gasteiger partial charge >= 0.3 is 0 Å². The summed E-state index contributed by atoms with van der Waals surface area (Å²) in [5.74, 6) is -3.69. The normalized spacial score (nSPS) is 12.9. The zero-order valence-corrected chi connectivity index (χ0v) is 25.1. The van der Waals surface area contributed by atoms with E-state index in [0.717, 1.165) is 24.0 Å². The molecule has 1 N–H and O–H groups in total. The van der Waals surface area contributed by atoms with Crippen molar-refractivity contribution < 1.29 is 26.8 Å². The molecule has 0 heterocycles. The highest BCUT2D eigenvalue weighted by atomic mass is 35.5. The zero-order valence-electron chi connectivity index (χ0n) is 22.8. The average Bonchev–Trinajstić information content (AvgIpc) is 2.92. The molecule has 0 aliphatic carbocycles. The Bertz CT molecular complexity index is 1470. The summed E-state index contributed by atoms with van der Waals surface area (Å²) in [5.41, 5.74) is 0.858. The van der Waals surface area contributed by atoms with Crippen molar-refractivity contribution in [2.75, 3.05) is 17.1 Å². The summed E-state index contributed by atoms with van der Waals surface area (Å²) in [6.07, 6.45) is 1.57. The van der Waals surface area contributed by atoms with Crippen molar-refractivity contribution in [3.8, 4) is 0 Å². The molecule has 220 valence electrons. The molecule has 0 radical (unpaired) electrons. The second kappa shape index (κ2) is 14.1. The van der Waals surface area contributed by atoms with Gasteiger partial charge in [0.15, 0.2) is 11.6 Å². The summed E-state index contributed by atoms with van der Waals surface area (Å²) in [6.45, 7) is 2.70. The number of nitrogens with one attached hydrogen (secondary N) is 1. The molecule has 0 aliphatic heterocycles. The van der Waals surface area contributed by atoms with E-state index >= 15 is 0 Å². The van der Waals surface area contributed by atoms with Crippen molar-refractivity contribution in [2.24, 2.45) is 0 Å². The first kappa shape index (κ1) is 32.3. The third kappa shape index (κ3) is 8.64. The molecular weight excluding hydrogens is 595 g/mol. The number of hydrogen-bond acceptors (Lipinski definition) is 4. The standard InChI is InChI=1S/C29H31Cl2F2N3O4S/c1-4-19(2)34-29(38)27(15-20-9-6-5-7-10-20)35(17-22-23(30)11-8-12-24(22)31)28(37)18-36(41(3,39)40)21-13-14-25(32)26(33)16-21/h5-14,16,19,27H,4,15,17-18H2,1-3H3,(H,34,38)/t19-,27-/m0/s1. The SMILES string of the molecule is CC[C@H](C)NC(=O)[C@H](Cc1ccccc1)N(Cc1c(Cl)cccc1Cl)C(=O)CN(c1ccc(F)c(F)c1)S(C)(=O)=O. The monoisotopic (exact) mass is 625 g/mol. The Morgan fingerprint density at radius 1 is 0.951 bits per heavy atom. The molecule has 12 heteroatoms. The van der Waals surface area contributed by atoms with E-state index in [1.54, 1.807) is 42.5 Å². The maximum atomic E-state index is 14.1. The molecule has 3 aromatic carbocycles. The highest BCUT2D eigenvalue weighted by Gasteiger charge is 2.34. The van der Waals surface area contributed by atoms with E-state index in [9.17, 15) is 26.8 Å². The average molecular weight is 627 g/mol. The minimum absolute atomic E-state index is 0.0982. The summed E-state index contributed by atoms with van der Waals surface area (Å²) in [6, 6.07) is 15.0. The third-order valence-electron chi connectivity index (χ3n) is 6.53. The van der Waals surface area contributed by atoms with E-state index in [0.29, 0.717) is 22.4 Å². The Morgan fingerprint density at radius 3 is 2.15 bits per heavy atom. The van der Waals surface area contributed by atoms with Gasteiger partial charge in [-0.3, -0.25) is 13.9 Å². The highest BCUT2D eigenvalue weighted by Crippen LogP contribution is 2.28. The van der Waals surface area contributed by atoms with Crippen LogP contribution in [0.1, 0.15) is 31.4 Å². The Balaban J connectivity index is 2.12. The number of nitrogens with zero attached hydrogens (tertiary/aromatic N) is 2. The van der Waals surface area contributed by atoms with E-state index in [2.05, 4.69) is 5.32 Å². The van der Waals surface area contributed by atoms with Crippen molar-refractivity contribution >= 4 is 50.7 Å². The van der Waals surface area contributed by atoms with Gasteiger partial charge in [0.25, 0.3) is 0 Å². The van der Waals surface area contributed by atoms with Crippen molar-refractivity contribution in [1.29, 1.82) is 0 Å². The summed E-state index contributed by atoms with van der Waals surface area (Å²) in [4.78, 5) is 28.9. The van der Waals surface area contributed by atoms with E-state index in [-0.39, 0.29) is 34.7 Å². The molecule has 0 spiro atoms. The molecule has 0 saturated carbocycles. The number of benzene rings is 3. The topological polar surface area (TPSA) is 86.8 Å². The lowest BCUT2D eigenvalue weighted by molar-refractivity contribution is -0.140. The summed E-state index contributed by atoms with van der Waals surface area (Å²) >= 11 is 12.9. The minimum atomic E-state index is -4.15. The van der Waals surface area contributed by atoms with Crippen molar-refractivity contribution in [2.45, 2.75) is 45.3 Å². The van der Waals surface area contributed by atoms with Gasteiger partial charge in [0, 0.05) is 40.7 Å². The molecule has 41 heavy (non-hydrogen) atoms. The lowest BCUT2D eigenvalue weighted by atomic mass is 10.0. The van der Waals surface area contributed by atoms with Gasteiger partial charge in [-0.1, -0.05) is 66.5 Å². The van der Waals surface area contributed by atoms with Crippen LogP contribution in [0.5, 0.6) is 0 Å². The van der Waals surface area contributed by atoms with Crippen LogP contribution >= 0.6 is 23.2 Å². The van der Waals surface area contributed by atoms with Gasteiger partial charge in [-0.25, -0.2) is 17.2 Å². The molecule has 0 unspecified atom stereocenters. The minimum Gasteiger partial charge on any atom is -0.352 e. The fourth-order valence-corrected chi connectivity index (χ4v) is 5.46. The quantitative estimate of drug-likeness (QED) is 0.284. The van der Waals surface area contributed by atoms with Crippen LogP contribution in [0.3, 0.4) is 0 Å². The van der Waals surface area contributed by atoms with E-state index in [1.165, 1.54) is 4.90 Å². The van der Waals surface area contributed by atoms with Gasteiger partial charge in [0.2, 0.25) is 21.8 Å². The van der Waals surface area contributed by atoms with E-state index < -0.39 is 46.1 Å². The predicted octanol–water partition coefficient (Wildman–Crippen LogP) is 5.59. The lowest BCUT2D eigenvalue weighted by Gasteiger charge is -2.34. The van der Waals surface area contributed by atoms with Crippen LogP contribution in [0.2, 0.25) is 10.0 Å². The van der Waals surface area contributed by atoms with Crippen molar-refractivity contribution in [1.82, 2.24) is 10.2 Å². The van der Waals surface area contributed by atoms with Gasteiger partial charge < -0.3 is 10.2 Å². The fraction of sp³-hybridized carbons (Fsp3) is 0.310. The number of amides is 2. The Morgan fingerprint density at radius 2 is 1.59 bits per heavy atom. The first-order chi connectivity index (χ1) is 19.3. The molecule has 0 fully saturated rings. The molecule has 2 atom stereocenters. The Hall–Kier alpha value is -3.21. The van der Waals surface area contributed by atoms with Crippen LogP contribution in [-0.4, -0.2) is 50.0 Å². The Labute approximate surface area is 249 Å². The van der Waals surface area contributed by atoms with Crippen molar-refractivity contribution in [3.63, 3.8) is 0 Å². The molecule has 0 aliphatic rings. The van der Waals surface area contributed by atoms with Crippen LogP contribution in [0.25, 0.3) is 0 Å². The molecule has 3 aromatic rings. The summed E-state index contributed by atoms with van der Waals surface area (Å²) in [5, 5.41) is 3.40. The number of halogens is 4. The maximum absolute atomic E-state index is 14.1. The fourth-order valence-electron chi connectivity index (χ4n) is 4.10.